The molecule has 0 aliphatic heterocycles. The van der Waals surface area contributed by atoms with E-state index in [2.05, 4.69) is 4.99 Å². The minimum Gasteiger partial charge on any atom is -0.370 e. The molecule has 0 aromatic heterocycles. The number of nitrogens with two attached hydrogens (primary N) is 2. The average molecular weight is 293 g/mol. The predicted octanol–water partition coefficient (Wildman–Crippen LogP) is 1.29. The summed E-state index contributed by atoms with van der Waals surface area (Å²) in [5.41, 5.74) is 12.3. The number of rotatable bonds is 4. The van der Waals surface area contributed by atoms with Crippen molar-refractivity contribution in [2.24, 2.45) is 16.5 Å². The summed E-state index contributed by atoms with van der Waals surface area (Å²) < 4.78 is 0. The highest BCUT2D eigenvalue weighted by Crippen LogP contribution is 2.20. The van der Waals surface area contributed by atoms with Gasteiger partial charge in [-0.15, -0.1) is 0 Å². The minimum absolute atomic E-state index is 0.0702. The largest absolute Gasteiger partial charge is 0.370 e. The van der Waals surface area contributed by atoms with Crippen molar-refractivity contribution in [3.05, 3.63) is 29.8 Å². The summed E-state index contributed by atoms with van der Waals surface area (Å²) in [5.74, 6) is -0.138. The Balaban J connectivity index is 2.72. The van der Waals surface area contributed by atoms with Gasteiger partial charge in [-0.2, -0.15) is 4.99 Å². The van der Waals surface area contributed by atoms with E-state index in [1.807, 2.05) is 38.1 Å². The lowest BCUT2D eigenvalue weighted by Gasteiger charge is -2.22. The number of carbonyl (C=O) groups is 1. The highest BCUT2D eigenvalue weighted by atomic mass is 32.2. The number of benzene rings is 1. The van der Waals surface area contributed by atoms with Crippen LogP contribution >= 0.6 is 11.8 Å². The first-order valence-electron chi connectivity index (χ1n) is 6.12. The maximum absolute atomic E-state index is 12.2. The summed E-state index contributed by atoms with van der Waals surface area (Å²) in [4.78, 5) is 17.5. The standard InChI is InChI=1S/C13H19N5OS/c1-3-18(10-7-5-4-6-9(10)2)11(19)8-20-13(16)17-12(14)15/h4-7H,3,8H2,1-2H3,(H5,14,15,16,17). The van der Waals surface area contributed by atoms with Crippen LogP contribution in [0.3, 0.4) is 0 Å². The first kappa shape index (κ1) is 16.0. The number of amidine groups is 1. The molecule has 1 aromatic rings. The lowest BCUT2D eigenvalue weighted by atomic mass is 10.2. The van der Waals surface area contributed by atoms with E-state index in [0.29, 0.717) is 6.54 Å². The minimum atomic E-state index is -0.179. The molecule has 7 heteroatoms. The van der Waals surface area contributed by atoms with Gasteiger partial charge in [-0.1, -0.05) is 30.0 Å². The second kappa shape index (κ2) is 7.54. The van der Waals surface area contributed by atoms with Crippen molar-refractivity contribution in [3.8, 4) is 0 Å². The van der Waals surface area contributed by atoms with Crippen molar-refractivity contribution in [2.45, 2.75) is 13.8 Å². The van der Waals surface area contributed by atoms with Gasteiger partial charge in [-0.25, -0.2) is 0 Å². The van der Waals surface area contributed by atoms with E-state index in [9.17, 15) is 4.79 Å². The number of nitrogens with one attached hydrogen (secondary N) is 1. The third kappa shape index (κ3) is 4.58. The van der Waals surface area contributed by atoms with Crippen molar-refractivity contribution >= 4 is 34.5 Å². The molecule has 0 saturated heterocycles. The molecule has 1 rings (SSSR count). The molecular formula is C13H19N5OS. The van der Waals surface area contributed by atoms with Crippen molar-refractivity contribution in [1.82, 2.24) is 0 Å². The third-order valence-electron chi connectivity index (χ3n) is 2.59. The fourth-order valence-corrected chi connectivity index (χ4v) is 2.29. The molecule has 5 N–H and O–H groups in total. The van der Waals surface area contributed by atoms with Crippen LogP contribution in [0.1, 0.15) is 12.5 Å². The van der Waals surface area contributed by atoms with Crippen molar-refractivity contribution < 1.29 is 4.79 Å². The lowest BCUT2D eigenvalue weighted by Crippen LogP contribution is -2.33. The Morgan fingerprint density at radius 3 is 2.60 bits per heavy atom. The Labute approximate surface area is 122 Å². The fraction of sp³-hybridized carbons (Fsp3) is 0.308. The zero-order valence-corrected chi connectivity index (χ0v) is 12.4. The maximum atomic E-state index is 12.2. The summed E-state index contributed by atoms with van der Waals surface area (Å²) in [6.07, 6.45) is 0. The topological polar surface area (TPSA) is 109 Å². The summed E-state index contributed by atoms with van der Waals surface area (Å²) in [6, 6.07) is 7.69. The van der Waals surface area contributed by atoms with Crippen LogP contribution in [0, 0.1) is 12.3 Å². The van der Waals surface area contributed by atoms with E-state index in [4.69, 9.17) is 16.9 Å². The number of aliphatic imine (C=N–C) groups is 1. The van der Waals surface area contributed by atoms with Crippen LogP contribution in [-0.4, -0.2) is 29.3 Å². The van der Waals surface area contributed by atoms with Gasteiger partial charge >= 0.3 is 0 Å². The first-order valence-corrected chi connectivity index (χ1v) is 7.11. The summed E-state index contributed by atoms with van der Waals surface area (Å²) >= 11 is 1.00. The van der Waals surface area contributed by atoms with Gasteiger partial charge < -0.3 is 16.4 Å². The van der Waals surface area contributed by atoms with Gasteiger partial charge in [-0.3, -0.25) is 10.2 Å². The normalized spacial score (nSPS) is 9.90. The molecule has 0 aliphatic rings. The number of carbonyl (C=O) groups excluding carboxylic acids is 1. The Morgan fingerprint density at radius 1 is 1.40 bits per heavy atom. The van der Waals surface area contributed by atoms with Crippen LogP contribution in [-0.2, 0) is 4.79 Å². The van der Waals surface area contributed by atoms with E-state index >= 15 is 0 Å². The number of thioether (sulfide) groups is 1. The quantitative estimate of drug-likeness (QED) is 0.574. The van der Waals surface area contributed by atoms with E-state index in [0.717, 1.165) is 23.0 Å². The molecule has 0 heterocycles. The van der Waals surface area contributed by atoms with Crippen molar-refractivity contribution in [1.29, 1.82) is 5.41 Å². The van der Waals surface area contributed by atoms with Crippen LogP contribution in [0.25, 0.3) is 0 Å². The molecule has 0 unspecified atom stereocenters. The Morgan fingerprint density at radius 2 is 2.05 bits per heavy atom. The van der Waals surface area contributed by atoms with Crippen LogP contribution in [0.2, 0.25) is 0 Å². The average Bonchev–Trinajstić information content (AvgIpc) is 2.38. The Hall–Kier alpha value is -2.02. The van der Waals surface area contributed by atoms with Crippen LogP contribution < -0.4 is 16.4 Å². The third-order valence-corrected chi connectivity index (χ3v) is 3.34. The molecule has 0 spiro atoms. The van der Waals surface area contributed by atoms with Gasteiger partial charge in [0.1, 0.15) is 0 Å². The molecule has 20 heavy (non-hydrogen) atoms. The number of nitrogens with zero attached hydrogens (tertiary/aromatic N) is 2. The summed E-state index contributed by atoms with van der Waals surface area (Å²) in [7, 11) is 0. The van der Waals surface area contributed by atoms with Gasteiger partial charge in [0.15, 0.2) is 11.1 Å². The van der Waals surface area contributed by atoms with Crippen LogP contribution in [0.15, 0.2) is 29.3 Å². The zero-order chi connectivity index (χ0) is 15.1. The van der Waals surface area contributed by atoms with Gasteiger partial charge in [0, 0.05) is 12.2 Å². The van der Waals surface area contributed by atoms with Gasteiger partial charge in [0.2, 0.25) is 5.91 Å². The van der Waals surface area contributed by atoms with Gasteiger partial charge in [0.05, 0.1) is 5.75 Å². The lowest BCUT2D eigenvalue weighted by molar-refractivity contribution is -0.116. The first-order chi connectivity index (χ1) is 9.45. The maximum Gasteiger partial charge on any atom is 0.237 e. The summed E-state index contributed by atoms with van der Waals surface area (Å²) in [6.45, 7) is 4.44. The molecule has 0 atom stereocenters. The molecule has 0 radical (unpaired) electrons. The molecule has 0 fully saturated rings. The molecule has 0 saturated carbocycles. The Kier molecular flexibility index (Phi) is 6.05. The van der Waals surface area contributed by atoms with Crippen molar-refractivity contribution in [3.63, 3.8) is 0 Å². The molecular weight excluding hydrogens is 274 g/mol. The number of guanidine groups is 1. The predicted molar refractivity (Wildman–Crippen MR) is 85.2 cm³/mol. The number of hydrogen-bond acceptors (Lipinski definition) is 3. The number of para-hydroxylation sites is 1. The van der Waals surface area contributed by atoms with Crippen LogP contribution in [0.5, 0.6) is 0 Å². The van der Waals surface area contributed by atoms with Gasteiger partial charge in [-0.05, 0) is 25.5 Å². The molecule has 0 aliphatic carbocycles. The van der Waals surface area contributed by atoms with E-state index in [1.165, 1.54) is 0 Å². The van der Waals surface area contributed by atoms with Gasteiger partial charge in [0.25, 0.3) is 0 Å². The number of anilines is 1. The SMILES string of the molecule is CCN(C(=O)CSC(=N)N=C(N)N)c1ccccc1C. The Bertz CT molecular complexity index is 525. The van der Waals surface area contributed by atoms with E-state index < -0.39 is 0 Å². The molecule has 0 bridgehead atoms. The molecule has 1 aromatic carbocycles. The van der Waals surface area contributed by atoms with Crippen LogP contribution in [0.4, 0.5) is 5.69 Å². The highest BCUT2D eigenvalue weighted by molar-refractivity contribution is 8.14. The monoisotopic (exact) mass is 293 g/mol. The molecule has 108 valence electrons. The number of hydrogen-bond donors (Lipinski definition) is 3. The summed E-state index contributed by atoms with van der Waals surface area (Å²) in [5, 5.41) is 7.43. The smallest absolute Gasteiger partial charge is 0.237 e. The molecule has 6 nitrogen and oxygen atoms in total. The van der Waals surface area contributed by atoms with Crippen molar-refractivity contribution in [2.75, 3.05) is 17.2 Å². The second-order valence-corrected chi connectivity index (χ2v) is 5.02. The highest BCUT2D eigenvalue weighted by Gasteiger charge is 2.16. The second-order valence-electron chi connectivity index (χ2n) is 4.05. The fourth-order valence-electron chi connectivity index (χ4n) is 1.70. The molecule has 1 amide bonds. The number of aryl methyl sites for hydroxylation is 1. The number of amides is 1. The van der Waals surface area contributed by atoms with E-state index in [-0.39, 0.29) is 22.8 Å². The zero-order valence-electron chi connectivity index (χ0n) is 11.6. The van der Waals surface area contributed by atoms with E-state index in [1.54, 1.807) is 4.90 Å².